The fraction of sp³-hybridized carbons (Fsp3) is 0.300. The number of benzene rings is 1. The van der Waals surface area contributed by atoms with Crippen LogP contribution in [-0.2, 0) is 0 Å². The molecule has 0 saturated heterocycles. The Balaban J connectivity index is 2.27. The molecular formula is C10H11IO8. The molecule has 1 unspecified atom stereocenters. The monoisotopic (exact) mass is 386 g/mol. The van der Waals surface area contributed by atoms with Gasteiger partial charge in [-0.25, -0.2) is 0 Å². The summed E-state index contributed by atoms with van der Waals surface area (Å²) in [6.07, 6.45) is -6.74. The zero-order chi connectivity index (χ0) is 14.3. The van der Waals surface area contributed by atoms with Gasteiger partial charge in [-0.1, -0.05) is 0 Å². The maximum Gasteiger partial charge on any atom is 0.453 e. The van der Waals surface area contributed by atoms with Crippen molar-refractivity contribution in [2.75, 3.05) is 0 Å². The van der Waals surface area contributed by atoms with Gasteiger partial charge in [-0.3, -0.25) is 0 Å². The van der Waals surface area contributed by atoms with Gasteiger partial charge in [0.15, 0.2) is 0 Å². The Labute approximate surface area is 116 Å². The minimum Gasteiger partial charge on any atom is -0.417 e. The first kappa shape index (κ1) is 14.6. The molecule has 0 spiro atoms. The molecule has 106 valence electrons. The highest BCUT2D eigenvalue weighted by atomic mass is 127. The molecule has 1 aliphatic rings. The Bertz CT molecular complexity index is 461. The van der Waals surface area contributed by atoms with Crippen LogP contribution in [0.15, 0.2) is 18.2 Å². The van der Waals surface area contributed by atoms with Crippen molar-refractivity contribution in [3.63, 3.8) is 0 Å². The summed E-state index contributed by atoms with van der Waals surface area (Å²) in [5.74, 6) is -0.345. The summed E-state index contributed by atoms with van der Waals surface area (Å²) in [5.41, 5.74) is 0.675. The van der Waals surface area contributed by atoms with Crippen LogP contribution in [0.4, 0.5) is 0 Å². The average molecular weight is 386 g/mol. The minimum absolute atomic E-state index is 0.109. The van der Waals surface area contributed by atoms with Gasteiger partial charge >= 0.3 is 12.3 Å². The number of halogens is 1. The Morgan fingerprint density at radius 1 is 0.842 bits per heavy atom. The van der Waals surface area contributed by atoms with Gasteiger partial charge in [0.05, 0.1) is 3.92 Å². The predicted molar refractivity (Wildman–Crippen MR) is 69.3 cm³/mol. The highest BCUT2D eigenvalue weighted by Gasteiger charge is 2.26. The van der Waals surface area contributed by atoms with Crippen LogP contribution in [0.25, 0.3) is 0 Å². The molecule has 1 aromatic rings. The topological polar surface area (TPSA) is 140 Å². The molecule has 8 nitrogen and oxygen atoms in total. The molecule has 0 amide bonds. The molecule has 1 aromatic carbocycles. The first-order valence-electron chi connectivity index (χ1n) is 4.95. The van der Waals surface area contributed by atoms with Gasteiger partial charge in [0.2, 0.25) is 0 Å². The third-order valence-corrected chi connectivity index (χ3v) is 4.14. The Morgan fingerprint density at radius 2 is 1.26 bits per heavy atom. The van der Waals surface area contributed by atoms with E-state index in [0.29, 0.717) is 5.56 Å². The van der Waals surface area contributed by atoms with Gasteiger partial charge in [-0.2, -0.15) is 0 Å². The largest absolute Gasteiger partial charge is 0.453 e. The van der Waals surface area contributed by atoms with Gasteiger partial charge in [0.25, 0.3) is 0 Å². The molecule has 2 rings (SSSR count). The van der Waals surface area contributed by atoms with Crippen LogP contribution in [0.2, 0.25) is 0 Å². The zero-order valence-corrected chi connectivity index (χ0v) is 11.4. The van der Waals surface area contributed by atoms with E-state index in [2.05, 4.69) is 9.47 Å². The van der Waals surface area contributed by atoms with Crippen LogP contribution in [0.1, 0.15) is 9.49 Å². The van der Waals surface area contributed by atoms with Crippen molar-refractivity contribution in [3.8, 4) is 11.5 Å². The second-order valence-corrected chi connectivity index (χ2v) is 6.52. The van der Waals surface area contributed by atoms with Crippen molar-refractivity contribution >= 4 is 24.7 Å². The Morgan fingerprint density at radius 3 is 1.58 bits per heavy atom. The van der Waals surface area contributed by atoms with Crippen LogP contribution in [-0.4, -0.2) is 47.0 Å². The third kappa shape index (κ3) is 4.99. The Hall–Kier alpha value is -0.820. The number of alkyl halides is 1. The van der Waals surface area contributed by atoms with Gasteiger partial charge in [0.1, 0.15) is 11.5 Å². The SMILES string of the molecule is OC(O)(O)Oc1cc(OC(O)(O)O)cc(C2C=I2)c1. The number of hydrogen-bond acceptors (Lipinski definition) is 8. The molecule has 19 heavy (non-hydrogen) atoms. The summed E-state index contributed by atoms with van der Waals surface area (Å²) in [7, 11) is 0. The van der Waals surface area contributed by atoms with Crippen molar-refractivity contribution < 1.29 is 40.1 Å². The van der Waals surface area contributed by atoms with Crippen molar-refractivity contribution in [2.45, 2.75) is 16.2 Å². The lowest BCUT2D eigenvalue weighted by molar-refractivity contribution is -0.420. The predicted octanol–water partition coefficient (Wildman–Crippen LogP) is -1.55. The summed E-state index contributed by atoms with van der Waals surface area (Å²) in [6, 6.07) is 3.91. The van der Waals surface area contributed by atoms with Crippen LogP contribution < -0.4 is 9.47 Å². The van der Waals surface area contributed by atoms with E-state index >= 15 is 0 Å². The summed E-state index contributed by atoms with van der Waals surface area (Å²) >= 11 is -0.109. The van der Waals surface area contributed by atoms with E-state index < -0.39 is 12.3 Å². The smallest absolute Gasteiger partial charge is 0.417 e. The number of hydrogen-bond donors (Lipinski definition) is 6. The van der Waals surface area contributed by atoms with E-state index in [1.807, 2.05) is 4.01 Å². The summed E-state index contributed by atoms with van der Waals surface area (Å²) in [4.78, 5) is 0. The van der Waals surface area contributed by atoms with E-state index in [0.717, 1.165) is 6.07 Å². The lowest BCUT2D eigenvalue weighted by Gasteiger charge is -2.19. The molecule has 0 saturated carbocycles. The lowest BCUT2D eigenvalue weighted by Crippen LogP contribution is -2.35. The maximum absolute atomic E-state index is 8.74. The number of ether oxygens (including phenoxy) is 2. The van der Waals surface area contributed by atoms with E-state index in [9.17, 15) is 0 Å². The van der Waals surface area contributed by atoms with Crippen LogP contribution in [0.3, 0.4) is 0 Å². The molecule has 0 aliphatic carbocycles. The highest BCUT2D eigenvalue weighted by molar-refractivity contribution is 14.2. The second kappa shape index (κ2) is 4.94. The van der Waals surface area contributed by atoms with Crippen molar-refractivity contribution in [3.05, 3.63) is 23.8 Å². The maximum atomic E-state index is 8.74. The first-order chi connectivity index (χ1) is 8.62. The van der Waals surface area contributed by atoms with E-state index in [4.69, 9.17) is 30.6 Å². The molecule has 1 aliphatic heterocycles. The molecule has 1 atom stereocenters. The molecule has 9 heteroatoms. The van der Waals surface area contributed by atoms with Gasteiger partial charge in [-0.15, -0.1) is 20.7 Å². The molecule has 6 N–H and O–H groups in total. The van der Waals surface area contributed by atoms with Crippen LogP contribution in [0, 0.1) is 0 Å². The van der Waals surface area contributed by atoms with Crippen LogP contribution >= 0.6 is 20.7 Å². The van der Waals surface area contributed by atoms with Crippen molar-refractivity contribution in [1.82, 2.24) is 0 Å². The standard InChI is InChI=1S/C10H11IO8/c12-9(13,14)18-6-1-5(8-4-11-8)2-7(3-6)19-10(15,16)17/h1-4,8,12-17H. The first-order valence-corrected chi connectivity index (χ1v) is 7.44. The quantitative estimate of drug-likeness (QED) is 0.203. The zero-order valence-electron chi connectivity index (χ0n) is 9.26. The molecule has 1 heterocycles. The summed E-state index contributed by atoms with van der Waals surface area (Å²) < 4.78 is 11.1. The molecule has 0 bridgehead atoms. The normalized spacial score (nSPS) is 18.7. The number of rotatable bonds is 5. The van der Waals surface area contributed by atoms with E-state index in [1.54, 1.807) is 0 Å². The van der Waals surface area contributed by atoms with Gasteiger partial charge in [-0.05, 0) is 21.7 Å². The van der Waals surface area contributed by atoms with E-state index in [-0.39, 0.29) is 36.2 Å². The molecule has 0 aromatic heterocycles. The fourth-order valence-electron chi connectivity index (χ4n) is 1.37. The summed E-state index contributed by atoms with van der Waals surface area (Å²) in [5, 5.41) is 52.4. The van der Waals surface area contributed by atoms with E-state index in [1.165, 1.54) is 12.1 Å². The van der Waals surface area contributed by atoms with Crippen molar-refractivity contribution in [1.29, 1.82) is 0 Å². The Kier molecular flexibility index (Phi) is 3.79. The van der Waals surface area contributed by atoms with Gasteiger partial charge in [0, 0.05) is 6.07 Å². The lowest BCUT2D eigenvalue weighted by atomic mass is 10.1. The molecular weight excluding hydrogens is 375 g/mol. The number of aliphatic hydroxyl groups is 6. The molecule has 0 radical (unpaired) electrons. The highest BCUT2D eigenvalue weighted by Crippen LogP contribution is 2.42. The fourth-order valence-corrected chi connectivity index (χ4v) is 2.77. The average Bonchev–Trinajstić information content (AvgIpc) is 2.92. The van der Waals surface area contributed by atoms with Gasteiger partial charge < -0.3 is 40.1 Å². The third-order valence-electron chi connectivity index (χ3n) is 1.98. The van der Waals surface area contributed by atoms with Crippen LogP contribution in [0.5, 0.6) is 11.5 Å². The second-order valence-electron chi connectivity index (χ2n) is 3.74. The van der Waals surface area contributed by atoms with Crippen molar-refractivity contribution in [2.24, 2.45) is 0 Å². The minimum atomic E-state index is -3.37. The summed E-state index contributed by atoms with van der Waals surface area (Å²) in [6.45, 7) is 0. The molecule has 0 fully saturated rings.